The highest BCUT2D eigenvalue weighted by Crippen LogP contribution is 2.49. The van der Waals surface area contributed by atoms with Gasteiger partial charge in [-0.15, -0.1) is 0 Å². The van der Waals surface area contributed by atoms with Gasteiger partial charge in [-0.25, -0.2) is 0 Å². The number of hydrogen-bond donors (Lipinski definition) is 0. The Morgan fingerprint density at radius 2 is 0.529 bits per heavy atom. The Hall–Kier alpha value is -7.30. The van der Waals surface area contributed by atoms with E-state index < -0.39 is 0 Å². The third kappa shape index (κ3) is 7.79. The Balaban J connectivity index is 1.11. The highest BCUT2D eigenvalue weighted by atomic mass is 16.3. The average molecular weight is 917 g/mol. The van der Waals surface area contributed by atoms with Gasteiger partial charge in [0.05, 0.1) is 11.4 Å². The highest BCUT2D eigenvalue weighted by Gasteiger charge is 2.26. The molecule has 2 aromatic heterocycles. The van der Waals surface area contributed by atoms with Crippen molar-refractivity contribution >= 4 is 99.5 Å². The molecular formula is C66H64N2O2. The molecule has 0 aliphatic carbocycles. The first kappa shape index (κ1) is 45.2. The van der Waals surface area contributed by atoms with Crippen molar-refractivity contribution in [3.05, 3.63) is 192 Å². The summed E-state index contributed by atoms with van der Waals surface area (Å²) in [5.41, 5.74) is 15.2. The molecule has 0 unspecified atom stereocenters. The molecule has 0 atom stereocenters. The van der Waals surface area contributed by atoms with Gasteiger partial charge < -0.3 is 18.6 Å². The van der Waals surface area contributed by atoms with E-state index in [1.165, 1.54) is 22.3 Å². The van der Waals surface area contributed by atoms with Gasteiger partial charge in [0.25, 0.3) is 0 Å². The molecule has 350 valence electrons. The van der Waals surface area contributed by atoms with E-state index >= 15 is 0 Å². The quantitative estimate of drug-likeness (QED) is 0.166. The molecule has 9 aromatic carbocycles. The zero-order valence-corrected chi connectivity index (χ0v) is 42.9. The molecule has 0 N–H and O–H groups in total. The van der Waals surface area contributed by atoms with Crippen LogP contribution in [0, 0.1) is 0 Å². The summed E-state index contributed by atoms with van der Waals surface area (Å²) in [4.78, 5) is 4.77. The number of nitrogens with zero attached hydrogens (tertiary/aromatic N) is 2. The summed E-state index contributed by atoms with van der Waals surface area (Å²) >= 11 is 0. The molecular weight excluding hydrogens is 853 g/mol. The molecule has 0 aliphatic heterocycles. The lowest BCUT2D eigenvalue weighted by molar-refractivity contribution is 0.590. The van der Waals surface area contributed by atoms with E-state index in [0.29, 0.717) is 0 Å². The summed E-state index contributed by atoms with van der Waals surface area (Å²) in [6.07, 6.45) is 0. The second-order valence-electron chi connectivity index (χ2n) is 23.5. The topological polar surface area (TPSA) is 32.8 Å². The van der Waals surface area contributed by atoms with Crippen molar-refractivity contribution in [3.8, 4) is 0 Å². The molecule has 0 saturated heterocycles. The van der Waals surface area contributed by atoms with Crippen LogP contribution in [-0.4, -0.2) is 0 Å². The standard InChI is InChI=1S/C66H64N2O2/c1-63(2,3)41-21-29-45(30-22-41)67(46-31-23-42(24-32-46)64(4,5)6)55-39-59-61(51-19-15-13-17-49(51)55)53-37-58-54(38-57(53)69-59)62-52-20-16-14-18-50(52)56(40-60(62)70-58)68(47-33-25-43(26-34-47)65(7,8)9)48-35-27-44(28-36-48)66(10,11)12/h13-40H,1-12H3. The fourth-order valence-electron chi connectivity index (χ4n) is 10.4. The Morgan fingerprint density at radius 1 is 0.271 bits per heavy atom. The Labute approximate surface area is 413 Å². The van der Waals surface area contributed by atoms with Crippen molar-refractivity contribution in [2.45, 2.75) is 105 Å². The first-order valence-corrected chi connectivity index (χ1v) is 24.9. The van der Waals surface area contributed by atoms with Gasteiger partial charge >= 0.3 is 0 Å². The van der Waals surface area contributed by atoms with Crippen molar-refractivity contribution in [2.75, 3.05) is 9.80 Å². The molecule has 4 heteroatoms. The van der Waals surface area contributed by atoms with E-state index in [1.54, 1.807) is 0 Å². The number of hydrogen-bond acceptors (Lipinski definition) is 4. The van der Waals surface area contributed by atoms with Crippen LogP contribution in [0.2, 0.25) is 0 Å². The molecule has 0 spiro atoms. The van der Waals surface area contributed by atoms with Crippen molar-refractivity contribution in [1.29, 1.82) is 0 Å². The maximum absolute atomic E-state index is 7.06. The summed E-state index contributed by atoms with van der Waals surface area (Å²) in [5, 5.41) is 8.77. The summed E-state index contributed by atoms with van der Waals surface area (Å²) in [6, 6.07) is 62.7. The Bertz CT molecular complexity index is 3400. The monoisotopic (exact) mass is 916 g/mol. The van der Waals surface area contributed by atoms with E-state index in [-0.39, 0.29) is 21.7 Å². The Morgan fingerprint density at radius 3 is 0.786 bits per heavy atom. The van der Waals surface area contributed by atoms with Crippen LogP contribution < -0.4 is 9.80 Å². The van der Waals surface area contributed by atoms with Gasteiger partial charge in [0.1, 0.15) is 22.3 Å². The predicted molar refractivity (Wildman–Crippen MR) is 300 cm³/mol. The van der Waals surface area contributed by atoms with Crippen LogP contribution in [0.3, 0.4) is 0 Å². The van der Waals surface area contributed by atoms with E-state index in [0.717, 1.165) is 99.5 Å². The van der Waals surface area contributed by atoms with Gasteiger partial charge in [-0.3, -0.25) is 0 Å². The maximum atomic E-state index is 7.06. The zero-order chi connectivity index (χ0) is 49.1. The molecule has 0 bridgehead atoms. The zero-order valence-electron chi connectivity index (χ0n) is 42.9. The Kier molecular flexibility index (Phi) is 10.4. The van der Waals surface area contributed by atoms with Crippen molar-refractivity contribution < 1.29 is 8.83 Å². The fraction of sp³-hybridized carbons (Fsp3) is 0.242. The van der Waals surface area contributed by atoms with Crippen LogP contribution in [-0.2, 0) is 21.7 Å². The molecule has 0 amide bonds. The third-order valence-corrected chi connectivity index (χ3v) is 14.5. The van der Waals surface area contributed by atoms with Gasteiger partial charge in [-0.05, 0) is 115 Å². The largest absolute Gasteiger partial charge is 0.456 e. The highest BCUT2D eigenvalue weighted by molar-refractivity contribution is 6.28. The first-order chi connectivity index (χ1) is 33.2. The van der Waals surface area contributed by atoms with Crippen molar-refractivity contribution in [2.24, 2.45) is 0 Å². The molecule has 0 aliphatic rings. The molecule has 11 aromatic rings. The fourth-order valence-corrected chi connectivity index (χ4v) is 10.4. The lowest BCUT2D eigenvalue weighted by Gasteiger charge is -2.29. The molecule has 11 rings (SSSR count). The van der Waals surface area contributed by atoms with E-state index in [9.17, 15) is 0 Å². The smallest absolute Gasteiger partial charge is 0.138 e. The summed E-state index contributed by atoms with van der Waals surface area (Å²) in [5.74, 6) is 0. The molecule has 70 heavy (non-hydrogen) atoms. The minimum Gasteiger partial charge on any atom is -0.456 e. The van der Waals surface area contributed by atoms with E-state index in [1.807, 2.05) is 0 Å². The van der Waals surface area contributed by atoms with Crippen LogP contribution in [0.5, 0.6) is 0 Å². The van der Waals surface area contributed by atoms with E-state index in [2.05, 4.69) is 263 Å². The average Bonchev–Trinajstić information content (AvgIpc) is 3.87. The predicted octanol–water partition coefficient (Wildman–Crippen LogP) is 19.9. The molecule has 4 nitrogen and oxygen atoms in total. The molecule has 0 radical (unpaired) electrons. The summed E-state index contributed by atoms with van der Waals surface area (Å²) < 4.78 is 14.1. The number of anilines is 6. The van der Waals surface area contributed by atoms with Crippen LogP contribution in [0.1, 0.15) is 105 Å². The molecule has 0 saturated carbocycles. The van der Waals surface area contributed by atoms with Crippen LogP contribution >= 0.6 is 0 Å². The lowest BCUT2D eigenvalue weighted by Crippen LogP contribution is -2.14. The number of furan rings is 2. The summed E-state index contributed by atoms with van der Waals surface area (Å²) in [6.45, 7) is 27.2. The van der Waals surface area contributed by atoms with Gasteiger partial charge in [0.15, 0.2) is 0 Å². The number of benzene rings is 9. The van der Waals surface area contributed by atoms with Gasteiger partial charge in [0.2, 0.25) is 0 Å². The molecule has 2 heterocycles. The van der Waals surface area contributed by atoms with Gasteiger partial charge in [0, 0.05) is 67.2 Å². The van der Waals surface area contributed by atoms with Gasteiger partial charge in [-0.1, -0.05) is 180 Å². The van der Waals surface area contributed by atoms with Crippen LogP contribution in [0.15, 0.2) is 179 Å². The SMILES string of the molecule is CC(C)(C)c1ccc(N(c2ccc(C(C)(C)C)cc2)c2cc3oc4cc5c(cc4c3c3ccccc23)oc2cc(N(c3ccc(C(C)(C)C)cc3)c3ccc(C(C)(C)C)cc3)c3ccccc3c25)cc1. The number of rotatable bonds is 6. The van der Waals surface area contributed by atoms with Crippen LogP contribution in [0.4, 0.5) is 34.1 Å². The van der Waals surface area contributed by atoms with Crippen LogP contribution in [0.25, 0.3) is 65.4 Å². The van der Waals surface area contributed by atoms with Crippen molar-refractivity contribution in [3.63, 3.8) is 0 Å². The molecule has 0 fully saturated rings. The van der Waals surface area contributed by atoms with Crippen molar-refractivity contribution in [1.82, 2.24) is 0 Å². The van der Waals surface area contributed by atoms with Gasteiger partial charge in [-0.2, -0.15) is 0 Å². The second kappa shape index (κ2) is 16.1. The normalized spacial score (nSPS) is 12.9. The second-order valence-corrected chi connectivity index (χ2v) is 23.5. The minimum atomic E-state index is 0.0366. The number of fused-ring (bicyclic) bond motifs is 10. The minimum absolute atomic E-state index is 0.0366. The lowest BCUT2D eigenvalue weighted by atomic mass is 9.86. The maximum Gasteiger partial charge on any atom is 0.138 e. The summed E-state index contributed by atoms with van der Waals surface area (Å²) in [7, 11) is 0. The van der Waals surface area contributed by atoms with E-state index in [4.69, 9.17) is 8.83 Å². The first-order valence-electron chi connectivity index (χ1n) is 24.9. The third-order valence-electron chi connectivity index (χ3n) is 14.5.